The average Bonchev–Trinajstić information content (AvgIpc) is 3.29. The summed E-state index contributed by atoms with van der Waals surface area (Å²) in [5.41, 5.74) is -0.163. The van der Waals surface area contributed by atoms with Gasteiger partial charge in [-0.25, -0.2) is 8.42 Å². The van der Waals surface area contributed by atoms with Crippen molar-refractivity contribution in [2.24, 2.45) is 5.41 Å². The normalized spacial score (nSPS) is 26.2. The minimum atomic E-state index is -3.28. The largest absolute Gasteiger partial charge is 0.340 e. The lowest BCUT2D eigenvalue weighted by atomic mass is 10.0. The van der Waals surface area contributed by atoms with E-state index in [0.29, 0.717) is 32.6 Å². The molecule has 2 aliphatic heterocycles. The predicted octanol–water partition coefficient (Wildman–Crippen LogP) is 0.949. The maximum absolute atomic E-state index is 12.7. The number of aromatic nitrogens is 3. The van der Waals surface area contributed by atoms with Gasteiger partial charge in [0.05, 0.1) is 12.3 Å². The molecule has 0 radical (unpaired) electrons. The standard InChI is InChI=1S/C17H27N5O3S/c1-17(7-8-17)16(23)20-10-6-14-18-19-15(21(14)12-11-20)13-5-3-4-9-22(13)26(2,24)25/h13H,3-12H2,1-2H3. The zero-order chi connectivity index (χ0) is 18.5. The highest BCUT2D eigenvalue weighted by Gasteiger charge is 2.47. The van der Waals surface area contributed by atoms with E-state index in [1.165, 1.54) is 6.26 Å². The zero-order valence-electron chi connectivity index (χ0n) is 15.5. The molecular formula is C17H27N5O3S. The molecule has 1 unspecified atom stereocenters. The maximum Gasteiger partial charge on any atom is 0.228 e. The fraction of sp³-hybridized carbons (Fsp3) is 0.824. The Kier molecular flexibility index (Phi) is 4.34. The van der Waals surface area contributed by atoms with Gasteiger partial charge >= 0.3 is 0 Å². The first-order valence-electron chi connectivity index (χ1n) is 9.48. The van der Waals surface area contributed by atoms with Crippen LogP contribution in [0.2, 0.25) is 0 Å². The third kappa shape index (κ3) is 3.15. The average molecular weight is 382 g/mol. The summed E-state index contributed by atoms with van der Waals surface area (Å²) in [4.78, 5) is 14.6. The fourth-order valence-electron chi connectivity index (χ4n) is 4.14. The Morgan fingerprint density at radius 3 is 2.58 bits per heavy atom. The van der Waals surface area contributed by atoms with Crippen LogP contribution in [-0.4, -0.2) is 64.2 Å². The number of fused-ring (bicyclic) bond motifs is 1. The second-order valence-electron chi connectivity index (χ2n) is 8.11. The van der Waals surface area contributed by atoms with Crippen LogP contribution in [0.15, 0.2) is 0 Å². The monoisotopic (exact) mass is 381 g/mol. The molecule has 1 aliphatic carbocycles. The lowest BCUT2D eigenvalue weighted by Gasteiger charge is -2.33. The van der Waals surface area contributed by atoms with Gasteiger partial charge in [-0.2, -0.15) is 4.31 Å². The number of sulfonamides is 1. The van der Waals surface area contributed by atoms with E-state index < -0.39 is 10.0 Å². The predicted molar refractivity (Wildman–Crippen MR) is 95.8 cm³/mol. The van der Waals surface area contributed by atoms with Crippen LogP contribution in [0.25, 0.3) is 0 Å². The molecule has 8 nitrogen and oxygen atoms in total. The molecule has 1 saturated heterocycles. The SMILES string of the molecule is CC1(C(=O)N2CCc3nnc(C4CCCCN4S(C)(=O)=O)n3CC2)CC1. The molecule has 1 aromatic heterocycles. The third-order valence-corrected chi connectivity index (χ3v) is 7.33. The number of amides is 1. The van der Waals surface area contributed by atoms with Crippen molar-refractivity contribution < 1.29 is 13.2 Å². The lowest BCUT2D eigenvalue weighted by Crippen LogP contribution is -2.40. The van der Waals surface area contributed by atoms with Crippen molar-refractivity contribution in [3.8, 4) is 0 Å². The summed E-state index contributed by atoms with van der Waals surface area (Å²) in [6.07, 6.45) is 6.53. The van der Waals surface area contributed by atoms with Gasteiger partial charge in [-0.1, -0.05) is 13.3 Å². The molecular weight excluding hydrogens is 354 g/mol. The molecule has 0 spiro atoms. The Hall–Kier alpha value is -1.48. The minimum Gasteiger partial charge on any atom is -0.340 e. The van der Waals surface area contributed by atoms with Gasteiger partial charge in [0.2, 0.25) is 15.9 Å². The molecule has 0 N–H and O–H groups in total. The topological polar surface area (TPSA) is 88.4 Å². The summed E-state index contributed by atoms with van der Waals surface area (Å²) in [6, 6.07) is -0.247. The number of hydrogen-bond acceptors (Lipinski definition) is 5. The highest BCUT2D eigenvalue weighted by Crippen LogP contribution is 2.46. The summed E-state index contributed by atoms with van der Waals surface area (Å²) in [6.45, 7) is 4.51. The van der Waals surface area contributed by atoms with E-state index >= 15 is 0 Å². The Balaban J connectivity index is 1.57. The molecule has 3 heterocycles. The molecule has 1 atom stereocenters. The highest BCUT2D eigenvalue weighted by atomic mass is 32.2. The van der Waals surface area contributed by atoms with Gasteiger partial charge in [-0.3, -0.25) is 4.79 Å². The third-order valence-electron chi connectivity index (χ3n) is 6.04. The highest BCUT2D eigenvalue weighted by molar-refractivity contribution is 7.88. The van der Waals surface area contributed by atoms with E-state index in [1.807, 2.05) is 11.8 Å². The smallest absolute Gasteiger partial charge is 0.228 e. The lowest BCUT2D eigenvalue weighted by molar-refractivity contribution is -0.136. The molecule has 1 saturated carbocycles. The van der Waals surface area contributed by atoms with Crippen molar-refractivity contribution in [1.29, 1.82) is 0 Å². The number of hydrogen-bond donors (Lipinski definition) is 0. The Morgan fingerprint density at radius 2 is 1.88 bits per heavy atom. The molecule has 26 heavy (non-hydrogen) atoms. The van der Waals surface area contributed by atoms with Gasteiger partial charge in [0, 0.05) is 38.0 Å². The van der Waals surface area contributed by atoms with Crippen LogP contribution in [0.4, 0.5) is 0 Å². The van der Waals surface area contributed by atoms with Crippen molar-refractivity contribution in [2.75, 3.05) is 25.9 Å². The van der Waals surface area contributed by atoms with Crippen molar-refractivity contribution in [3.05, 3.63) is 11.6 Å². The van der Waals surface area contributed by atoms with Crippen LogP contribution >= 0.6 is 0 Å². The van der Waals surface area contributed by atoms with Crippen LogP contribution in [0, 0.1) is 5.41 Å². The maximum atomic E-state index is 12.7. The number of piperidine rings is 1. The van der Waals surface area contributed by atoms with E-state index in [0.717, 1.165) is 43.8 Å². The molecule has 1 aromatic rings. The van der Waals surface area contributed by atoms with Crippen LogP contribution < -0.4 is 0 Å². The molecule has 1 amide bonds. The first-order valence-corrected chi connectivity index (χ1v) is 11.3. The molecule has 144 valence electrons. The van der Waals surface area contributed by atoms with Crippen LogP contribution in [0.3, 0.4) is 0 Å². The first-order chi connectivity index (χ1) is 12.3. The Labute approximate surface area is 154 Å². The minimum absolute atomic E-state index is 0.163. The zero-order valence-corrected chi connectivity index (χ0v) is 16.3. The second kappa shape index (κ2) is 6.30. The molecule has 0 bridgehead atoms. The fourth-order valence-corrected chi connectivity index (χ4v) is 5.26. The van der Waals surface area contributed by atoms with Gasteiger partial charge in [0.1, 0.15) is 5.82 Å². The van der Waals surface area contributed by atoms with Gasteiger partial charge < -0.3 is 9.47 Å². The van der Waals surface area contributed by atoms with Gasteiger partial charge in [-0.15, -0.1) is 10.2 Å². The van der Waals surface area contributed by atoms with Crippen LogP contribution in [0.5, 0.6) is 0 Å². The van der Waals surface area contributed by atoms with Crippen molar-refractivity contribution >= 4 is 15.9 Å². The molecule has 2 fully saturated rings. The van der Waals surface area contributed by atoms with E-state index in [-0.39, 0.29) is 17.4 Å². The van der Waals surface area contributed by atoms with Gasteiger partial charge in [0.15, 0.2) is 5.82 Å². The molecule has 4 rings (SSSR count). The summed E-state index contributed by atoms with van der Waals surface area (Å²) in [5.74, 6) is 1.83. The van der Waals surface area contributed by atoms with E-state index in [9.17, 15) is 13.2 Å². The summed E-state index contributed by atoms with van der Waals surface area (Å²) in [5, 5.41) is 8.69. The number of rotatable bonds is 3. The van der Waals surface area contributed by atoms with Crippen LogP contribution in [-0.2, 0) is 27.8 Å². The molecule has 0 aromatic carbocycles. The number of carbonyl (C=O) groups excluding carboxylic acids is 1. The number of nitrogens with zero attached hydrogens (tertiary/aromatic N) is 5. The van der Waals surface area contributed by atoms with Crippen molar-refractivity contribution in [1.82, 2.24) is 24.0 Å². The van der Waals surface area contributed by atoms with Crippen LogP contribution in [0.1, 0.15) is 56.7 Å². The molecule has 3 aliphatic rings. The Morgan fingerprint density at radius 1 is 1.12 bits per heavy atom. The van der Waals surface area contributed by atoms with Crippen molar-refractivity contribution in [2.45, 2.75) is 58.0 Å². The van der Waals surface area contributed by atoms with E-state index in [4.69, 9.17) is 0 Å². The summed E-state index contributed by atoms with van der Waals surface area (Å²) in [7, 11) is -3.28. The van der Waals surface area contributed by atoms with E-state index in [1.54, 1.807) is 4.31 Å². The quantitative estimate of drug-likeness (QED) is 0.778. The van der Waals surface area contributed by atoms with Crippen molar-refractivity contribution in [3.63, 3.8) is 0 Å². The summed E-state index contributed by atoms with van der Waals surface area (Å²) < 4.78 is 28.0. The molecule has 9 heteroatoms. The van der Waals surface area contributed by atoms with Gasteiger partial charge in [-0.05, 0) is 25.7 Å². The van der Waals surface area contributed by atoms with E-state index in [2.05, 4.69) is 14.8 Å². The summed E-state index contributed by atoms with van der Waals surface area (Å²) >= 11 is 0. The first kappa shape index (κ1) is 17.9. The second-order valence-corrected chi connectivity index (χ2v) is 10.0. The Bertz CT molecular complexity index is 814. The van der Waals surface area contributed by atoms with Gasteiger partial charge in [0.25, 0.3) is 0 Å². The number of carbonyl (C=O) groups is 1.